The van der Waals surface area contributed by atoms with Gasteiger partial charge in [0.2, 0.25) is 0 Å². The largest absolute Gasteiger partial charge is 0.493 e. The maximum Gasteiger partial charge on any atom is 0.188 e. The van der Waals surface area contributed by atoms with E-state index >= 15 is 0 Å². The van der Waals surface area contributed by atoms with Gasteiger partial charge in [-0.2, -0.15) is 0 Å². The van der Waals surface area contributed by atoms with Crippen LogP contribution in [0.4, 0.5) is 0 Å². The Bertz CT molecular complexity index is 576. The second kappa shape index (κ2) is 11.1. The number of rotatable bonds is 7. The van der Waals surface area contributed by atoms with E-state index in [1.165, 1.54) is 5.57 Å². The number of hydrogen-bond donors (Lipinski definition) is 2. The molecule has 24 heavy (non-hydrogen) atoms. The van der Waals surface area contributed by atoms with E-state index in [2.05, 4.69) is 16.4 Å². The van der Waals surface area contributed by atoms with Gasteiger partial charge in [0.25, 0.3) is 0 Å². The number of hydrogen-bond acceptors (Lipinski definition) is 4. The van der Waals surface area contributed by atoms with Gasteiger partial charge in [-0.25, -0.2) is 4.99 Å². The molecular formula is C17H26IN3O3. The summed E-state index contributed by atoms with van der Waals surface area (Å²) in [5, 5.41) is 3.14. The van der Waals surface area contributed by atoms with Gasteiger partial charge in [-0.15, -0.1) is 24.0 Å². The van der Waals surface area contributed by atoms with Crippen molar-refractivity contribution in [1.82, 2.24) is 5.32 Å². The zero-order valence-electron chi connectivity index (χ0n) is 14.2. The Morgan fingerprint density at radius 1 is 1.29 bits per heavy atom. The third kappa shape index (κ3) is 6.56. The van der Waals surface area contributed by atoms with Crippen molar-refractivity contribution in [1.29, 1.82) is 0 Å². The quantitative estimate of drug-likeness (QED) is 0.291. The van der Waals surface area contributed by atoms with Crippen LogP contribution in [0.3, 0.4) is 0 Å². The lowest BCUT2D eigenvalue weighted by Gasteiger charge is -2.14. The number of ether oxygens (including phenoxy) is 3. The number of nitrogens with one attached hydrogen (secondary N) is 1. The van der Waals surface area contributed by atoms with Gasteiger partial charge >= 0.3 is 0 Å². The van der Waals surface area contributed by atoms with Crippen molar-refractivity contribution in [3.8, 4) is 11.5 Å². The summed E-state index contributed by atoms with van der Waals surface area (Å²) in [4.78, 5) is 4.35. The molecule has 1 heterocycles. The van der Waals surface area contributed by atoms with Crippen LogP contribution in [0.1, 0.15) is 18.4 Å². The maximum atomic E-state index is 5.90. The zero-order valence-corrected chi connectivity index (χ0v) is 16.5. The zero-order chi connectivity index (χ0) is 16.5. The van der Waals surface area contributed by atoms with Gasteiger partial charge in [0, 0.05) is 6.54 Å². The van der Waals surface area contributed by atoms with Crippen LogP contribution in [0.15, 0.2) is 34.8 Å². The summed E-state index contributed by atoms with van der Waals surface area (Å²) in [7, 11) is 3.23. The second-order valence-corrected chi connectivity index (χ2v) is 5.25. The SMILES string of the molecule is COc1ccc(CN=C(N)NCCC2=CCOCC2)cc1OC.I. The standard InChI is InChI=1S/C17H25N3O3.HI/c1-21-15-4-3-14(11-16(15)22-2)12-20-17(18)19-8-5-13-6-9-23-10-7-13;/h3-4,6,11H,5,7-10,12H2,1-2H3,(H3,18,19,20);1H. The first kappa shape index (κ1) is 20.6. The van der Waals surface area contributed by atoms with Gasteiger partial charge < -0.3 is 25.3 Å². The molecule has 1 aliphatic heterocycles. The molecule has 0 unspecified atom stereocenters. The Labute approximate surface area is 160 Å². The lowest BCUT2D eigenvalue weighted by molar-refractivity contribution is 0.153. The average Bonchev–Trinajstić information content (AvgIpc) is 2.60. The molecule has 0 spiro atoms. The van der Waals surface area contributed by atoms with Crippen LogP contribution in [0.25, 0.3) is 0 Å². The Balaban J connectivity index is 0.00000288. The summed E-state index contributed by atoms with van der Waals surface area (Å²) in [6, 6.07) is 5.72. The first-order valence-corrected chi connectivity index (χ1v) is 7.73. The van der Waals surface area contributed by atoms with E-state index < -0.39 is 0 Å². The Morgan fingerprint density at radius 2 is 2.08 bits per heavy atom. The molecule has 0 amide bonds. The first-order valence-electron chi connectivity index (χ1n) is 7.73. The van der Waals surface area contributed by atoms with Gasteiger partial charge in [0.1, 0.15) is 0 Å². The highest BCUT2D eigenvalue weighted by atomic mass is 127. The predicted octanol–water partition coefficient (Wildman–Crippen LogP) is 2.46. The summed E-state index contributed by atoms with van der Waals surface area (Å²) in [5.74, 6) is 1.85. The number of aliphatic imine (C=N–C) groups is 1. The molecule has 1 aliphatic rings. The van der Waals surface area contributed by atoms with Crippen molar-refractivity contribution in [2.45, 2.75) is 19.4 Å². The number of methoxy groups -OCH3 is 2. The maximum absolute atomic E-state index is 5.90. The highest BCUT2D eigenvalue weighted by Crippen LogP contribution is 2.27. The third-order valence-electron chi connectivity index (χ3n) is 3.69. The molecule has 0 atom stereocenters. The molecule has 0 aromatic heterocycles. The van der Waals surface area contributed by atoms with E-state index in [0.29, 0.717) is 24.0 Å². The lowest BCUT2D eigenvalue weighted by Crippen LogP contribution is -2.32. The fourth-order valence-electron chi connectivity index (χ4n) is 2.35. The molecule has 2 rings (SSSR count). The Morgan fingerprint density at radius 3 is 2.75 bits per heavy atom. The molecule has 0 fully saturated rings. The van der Waals surface area contributed by atoms with Gasteiger partial charge in [-0.1, -0.05) is 17.7 Å². The number of nitrogens with two attached hydrogens (primary N) is 1. The minimum absolute atomic E-state index is 0. The molecule has 0 radical (unpaired) electrons. The molecule has 0 saturated carbocycles. The monoisotopic (exact) mass is 447 g/mol. The van der Waals surface area contributed by atoms with Gasteiger partial charge in [0.15, 0.2) is 17.5 Å². The van der Waals surface area contributed by atoms with Gasteiger partial charge in [-0.05, 0) is 30.5 Å². The molecule has 0 bridgehead atoms. The van der Waals surface area contributed by atoms with E-state index in [1.54, 1.807) is 14.2 Å². The Hall–Kier alpha value is -1.48. The smallest absolute Gasteiger partial charge is 0.188 e. The number of halogens is 1. The Kier molecular flexibility index (Phi) is 9.55. The average molecular weight is 447 g/mol. The molecule has 0 saturated heterocycles. The number of benzene rings is 1. The van der Waals surface area contributed by atoms with E-state index in [4.69, 9.17) is 19.9 Å². The van der Waals surface area contributed by atoms with Crippen LogP contribution >= 0.6 is 24.0 Å². The van der Waals surface area contributed by atoms with Crippen molar-refractivity contribution < 1.29 is 14.2 Å². The topological polar surface area (TPSA) is 78.1 Å². The molecular weight excluding hydrogens is 421 g/mol. The predicted molar refractivity (Wildman–Crippen MR) is 106 cm³/mol. The molecule has 3 N–H and O–H groups in total. The summed E-state index contributed by atoms with van der Waals surface area (Å²) >= 11 is 0. The van der Waals surface area contributed by atoms with Crippen LogP contribution in [-0.4, -0.2) is 39.9 Å². The highest BCUT2D eigenvalue weighted by Gasteiger charge is 2.05. The second-order valence-electron chi connectivity index (χ2n) is 5.25. The fourth-order valence-corrected chi connectivity index (χ4v) is 2.35. The van der Waals surface area contributed by atoms with Crippen molar-refractivity contribution in [3.05, 3.63) is 35.4 Å². The summed E-state index contributed by atoms with van der Waals surface area (Å²) in [6.45, 7) is 2.82. The van der Waals surface area contributed by atoms with Crippen LogP contribution in [0, 0.1) is 0 Å². The number of guanidine groups is 1. The lowest BCUT2D eigenvalue weighted by atomic mass is 10.1. The number of nitrogens with zero attached hydrogens (tertiary/aromatic N) is 1. The van der Waals surface area contributed by atoms with Gasteiger partial charge in [0.05, 0.1) is 34.0 Å². The van der Waals surface area contributed by atoms with Crippen molar-refractivity contribution >= 4 is 29.9 Å². The first-order chi connectivity index (χ1) is 11.2. The molecule has 7 heteroatoms. The van der Waals surface area contributed by atoms with Crippen LogP contribution in [0.5, 0.6) is 11.5 Å². The van der Waals surface area contributed by atoms with Crippen molar-refractivity contribution in [2.24, 2.45) is 10.7 Å². The van der Waals surface area contributed by atoms with Crippen molar-refractivity contribution in [2.75, 3.05) is 34.0 Å². The van der Waals surface area contributed by atoms with Crippen LogP contribution in [-0.2, 0) is 11.3 Å². The molecule has 0 aliphatic carbocycles. The third-order valence-corrected chi connectivity index (χ3v) is 3.69. The molecule has 1 aromatic rings. The minimum atomic E-state index is 0. The molecule has 6 nitrogen and oxygen atoms in total. The summed E-state index contributed by atoms with van der Waals surface area (Å²) in [6.07, 6.45) is 4.11. The summed E-state index contributed by atoms with van der Waals surface area (Å²) in [5.41, 5.74) is 8.33. The van der Waals surface area contributed by atoms with Crippen LogP contribution < -0.4 is 20.5 Å². The van der Waals surface area contributed by atoms with E-state index in [-0.39, 0.29) is 24.0 Å². The van der Waals surface area contributed by atoms with Crippen molar-refractivity contribution in [3.63, 3.8) is 0 Å². The normalized spacial score (nSPS) is 14.4. The fraction of sp³-hybridized carbons (Fsp3) is 0.471. The van der Waals surface area contributed by atoms with E-state index in [0.717, 1.165) is 38.2 Å². The highest BCUT2D eigenvalue weighted by molar-refractivity contribution is 14.0. The van der Waals surface area contributed by atoms with Crippen LogP contribution in [0.2, 0.25) is 0 Å². The summed E-state index contributed by atoms with van der Waals surface area (Å²) < 4.78 is 15.8. The minimum Gasteiger partial charge on any atom is -0.493 e. The molecule has 1 aromatic carbocycles. The molecule has 134 valence electrons. The van der Waals surface area contributed by atoms with E-state index in [1.807, 2.05) is 18.2 Å². The van der Waals surface area contributed by atoms with E-state index in [9.17, 15) is 0 Å². The van der Waals surface area contributed by atoms with Gasteiger partial charge in [-0.3, -0.25) is 0 Å².